The molecule has 72 valence electrons. The molecule has 4 amide bonds. The van der Waals surface area contributed by atoms with Gasteiger partial charge in [0.25, 0.3) is 5.12 Å². The summed E-state index contributed by atoms with van der Waals surface area (Å²) in [5.74, 6) is 0. The number of rotatable bonds is 2. The number of hydrogen-bond donors (Lipinski definition) is 2. The Balaban J connectivity index is 4.57. The smallest absolute Gasteiger partial charge is 0.351 e. The number of amides is 4. The molecule has 0 aromatic carbocycles. The SMILES string of the molecule is NC(=O)NC(=O)N([N+](=O)[O-])[N+](=O)[O-]. The lowest BCUT2D eigenvalue weighted by atomic mass is 10.9. The molecular weight excluding hydrogens is 190 g/mol. The van der Waals surface area contributed by atoms with Gasteiger partial charge in [-0.25, -0.2) is 35.1 Å². The van der Waals surface area contributed by atoms with Crippen LogP contribution in [-0.4, -0.2) is 27.2 Å². The van der Waals surface area contributed by atoms with E-state index in [-0.39, 0.29) is 0 Å². The van der Waals surface area contributed by atoms with E-state index >= 15 is 0 Å². The molecule has 0 saturated heterocycles. The highest BCUT2D eigenvalue weighted by molar-refractivity contribution is 5.91. The molecule has 13 heavy (non-hydrogen) atoms. The molecule has 0 aliphatic heterocycles. The van der Waals surface area contributed by atoms with Crippen LogP contribution in [0.4, 0.5) is 9.59 Å². The molecule has 0 aliphatic carbocycles. The highest BCUT2D eigenvalue weighted by Gasteiger charge is 2.38. The maximum atomic E-state index is 10.5. The van der Waals surface area contributed by atoms with Crippen LogP contribution in [0, 0.1) is 20.2 Å². The summed E-state index contributed by atoms with van der Waals surface area (Å²) >= 11 is 0. The zero-order chi connectivity index (χ0) is 10.6. The minimum Gasteiger partial charge on any atom is -0.351 e. The molecule has 11 heteroatoms. The molecule has 0 bridgehead atoms. The maximum absolute atomic E-state index is 10.5. The quantitative estimate of drug-likeness (QED) is 0.398. The van der Waals surface area contributed by atoms with Crippen LogP contribution in [0.25, 0.3) is 0 Å². The number of nitrogens with one attached hydrogen (secondary N) is 1. The molecule has 0 aromatic heterocycles. The lowest BCUT2D eigenvalue weighted by molar-refractivity contribution is -0.883. The van der Waals surface area contributed by atoms with E-state index in [9.17, 15) is 29.8 Å². The first-order valence-electron chi connectivity index (χ1n) is 2.55. The third-order valence-electron chi connectivity index (χ3n) is 0.721. The summed E-state index contributed by atoms with van der Waals surface area (Å²) in [6.07, 6.45) is 0. The lowest BCUT2D eigenvalue weighted by Crippen LogP contribution is -2.50. The number of nitro groups is 2. The second kappa shape index (κ2) is 3.80. The molecule has 3 N–H and O–H groups in total. The second-order valence-corrected chi connectivity index (χ2v) is 1.56. The number of hydrazine groups is 2. The Bertz CT molecular complexity index is 258. The lowest BCUT2D eigenvalue weighted by Gasteiger charge is -2.00. The monoisotopic (exact) mass is 193 g/mol. The largest absolute Gasteiger partial charge is 0.459 e. The number of nitrogens with zero attached hydrogens (tertiary/aromatic N) is 3. The fourth-order valence-corrected chi connectivity index (χ4v) is 0.363. The van der Waals surface area contributed by atoms with Gasteiger partial charge in [0.05, 0.1) is 0 Å². The Morgan fingerprint density at radius 2 is 1.62 bits per heavy atom. The van der Waals surface area contributed by atoms with Crippen molar-refractivity contribution in [3.63, 3.8) is 0 Å². The number of carbonyl (C=O) groups is 2. The fourth-order valence-electron chi connectivity index (χ4n) is 0.363. The number of nitrogens with two attached hydrogens (primary N) is 1. The first-order chi connectivity index (χ1) is 5.86. The van der Waals surface area contributed by atoms with Gasteiger partial charge >= 0.3 is 12.1 Å². The van der Waals surface area contributed by atoms with E-state index in [0.717, 1.165) is 5.32 Å². The van der Waals surface area contributed by atoms with Crippen molar-refractivity contribution in [1.82, 2.24) is 10.4 Å². The first-order valence-corrected chi connectivity index (χ1v) is 2.55. The highest BCUT2D eigenvalue weighted by Crippen LogP contribution is 1.89. The Kier molecular flexibility index (Phi) is 3.08. The molecule has 0 aromatic rings. The minimum absolute atomic E-state index is 1.01. The molecule has 0 rings (SSSR count). The molecule has 0 spiro atoms. The topological polar surface area (TPSA) is 162 Å². The van der Waals surface area contributed by atoms with Crippen LogP contribution in [0.15, 0.2) is 0 Å². The zero-order valence-electron chi connectivity index (χ0n) is 5.87. The Morgan fingerprint density at radius 3 is 1.85 bits per heavy atom. The number of hydrogen-bond acceptors (Lipinski definition) is 6. The fraction of sp³-hybridized carbons (Fsp3) is 0. The number of carbonyl (C=O) groups excluding carboxylic acids is 2. The minimum atomic E-state index is -1.84. The predicted octanol–water partition coefficient (Wildman–Crippen LogP) is -1.54. The average Bonchev–Trinajstić information content (AvgIpc) is 1.81. The van der Waals surface area contributed by atoms with Gasteiger partial charge in [0.2, 0.25) is 10.1 Å². The van der Waals surface area contributed by atoms with Crippen LogP contribution >= 0.6 is 0 Å². The summed E-state index contributed by atoms with van der Waals surface area (Å²) in [5, 5.41) is 16.6. The molecule has 0 heterocycles. The van der Waals surface area contributed by atoms with Gasteiger partial charge in [0.1, 0.15) is 0 Å². The van der Waals surface area contributed by atoms with Crippen molar-refractivity contribution < 1.29 is 19.7 Å². The summed E-state index contributed by atoms with van der Waals surface area (Å²) in [5.41, 5.74) is 4.39. The van der Waals surface area contributed by atoms with Crippen molar-refractivity contribution in [2.45, 2.75) is 0 Å². The van der Waals surface area contributed by atoms with Gasteiger partial charge in [-0.15, -0.1) is 0 Å². The summed E-state index contributed by atoms with van der Waals surface area (Å²) in [7, 11) is 0. The van der Waals surface area contributed by atoms with Crippen LogP contribution in [-0.2, 0) is 0 Å². The molecule has 0 aliphatic rings. The van der Waals surface area contributed by atoms with Crippen LogP contribution in [0.2, 0.25) is 0 Å². The van der Waals surface area contributed by atoms with Crippen LogP contribution in [0.3, 0.4) is 0 Å². The molecule has 11 nitrogen and oxygen atoms in total. The Hall–Kier alpha value is -2.46. The third kappa shape index (κ3) is 2.96. The number of primary amides is 1. The van der Waals surface area contributed by atoms with Gasteiger partial charge in [-0.2, -0.15) is 0 Å². The van der Waals surface area contributed by atoms with Gasteiger partial charge in [-0.05, 0) is 0 Å². The maximum Gasteiger partial charge on any atom is 0.459 e. The van der Waals surface area contributed by atoms with Crippen molar-refractivity contribution in [1.29, 1.82) is 0 Å². The van der Waals surface area contributed by atoms with Gasteiger partial charge in [0, 0.05) is 0 Å². The molecule has 0 unspecified atom stereocenters. The predicted molar refractivity (Wildman–Crippen MR) is 33.9 cm³/mol. The number of imide groups is 1. The van der Waals surface area contributed by atoms with E-state index in [2.05, 4.69) is 5.73 Å². The van der Waals surface area contributed by atoms with E-state index in [1.807, 2.05) is 0 Å². The van der Waals surface area contributed by atoms with Gasteiger partial charge in [0.15, 0.2) is 0 Å². The molecule has 0 atom stereocenters. The standard InChI is InChI=1S/C2H3N5O6/c3-1(8)4-2(9)5(6(10)11)7(12)13/h(H3,3,4,8,9). The van der Waals surface area contributed by atoms with Crippen molar-refractivity contribution >= 4 is 12.1 Å². The van der Waals surface area contributed by atoms with Crippen LogP contribution in [0.1, 0.15) is 0 Å². The van der Waals surface area contributed by atoms with Crippen LogP contribution in [0.5, 0.6) is 0 Å². The van der Waals surface area contributed by atoms with E-state index in [1.165, 1.54) is 0 Å². The van der Waals surface area contributed by atoms with E-state index < -0.39 is 27.2 Å². The Labute approximate surface area is 69.3 Å². The highest BCUT2D eigenvalue weighted by atomic mass is 16.8. The van der Waals surface area contributed by atoms with Gasteiger partial charge in [-0.1, -0.05) is 0 Å². The summed E-state index contributed by atoms with van der Waals surface area (Å²) in [6, 6.07) is -3.28. The summed E-state index contributed by atoms with van der Waals surface area (Å²) in [6.45, 7) is 0. The molecule has 0 fully saturated rings. The van der Waals surface area contributed by atoms with Gasteiger partial charge in [-0.3, -0.25) is 0 Å². The molecule has 0 saturated carbocycles. The molecular formula is C2H3N5O6. The third-order valence-corrected chi connectivity index (χ3v) is 0.721. The average molecular weight is 193 g/mol. The molecule has 0 radical (unpaired) electrons. The van der Waals surface area contributed by atoms with Gasteiger partial charge < -0.3 is 5.73 Å². The first kappa shape index (κ1) is 10.5. The van der Waals surface area contributed by atoms with Crippen LogP contribution < -0.4 is 11.1 Å². The Morgan fingerprint density at radius 1 is 1.23 bits per heavy atom. The summed E-state index contributed by atoms with van der Waals surface area (Å²) < 4.78 is 0. The van der Waals surface area contributed by atoms with Crippen molar-refractivity contribution in [3.8, 4) is 0 Å². The van der Waals surface area contributed by atoms with E-state index in [4.69, 9.17) is 0 Å². The van der Waals surface area contributed by atoms with E-state index in [1.54, 1.807) is 0 Å². The van der Waals surface area contributed by atoms with Crippen molar-refractivity contribution in [2.75, 3.05) is 0 Å². The normalized spacial score (nSPS) is 8.62. The summed E-state index contributed by atoms with van der Waals surface area (Å²) in [4.78, 5) is 40.1. The number of urea groups is 2. The zero-order valence-corrected chi connectivity index (χ0v) is 5.87. The van der Waals surface area contributed by atoms with Crippen molar-refractivity contribution in [2.24, 2.45) is 5.73 Å². The second-order valence-electron chi connectivity index (χ2n) is 1.56. The van der Waals surface area contributed by atoms with E-state index in [0.29, 0.717) is 0 Å². The van der Waals surface area contributed by atoms with Crippen molar-refractivity contribution in [3.05, 3.63) is 20.2 Å².